The molecule has 2 rings (SSSR count). The van der Waals surface area contributed by atoms with Crippen molar-refractivity contribution in [2.75, 3.05) is 5.43 Å². The Morgan fingerprint density at radius 3 is 2.56 bits per heavy atom. The van der Waals surface area contributed by atoms with E-state index in [1.165, 1.54) is 0 Å². The smallest absolute Gasteiger partial charge is 0.206 e. The summed E-state index contributed by atoms with van der Waals surface area (Å²) in [5.74, 6) is 0.457. The van der Waals surface area contributed by atoms with Crippen molar-refractivity contribution in [3.8, 4) is 0 Å². The minimum Gasteiger partial charge on any atom is -1.00 e. The molecule has 0 unspecified atom stereocenters. The Balaban J connectivity index is 0.00000128. The lowest BCUT2D eigenvalue weighted by atomic mass is 10.0. The Labute approximate surface area is 101 Å². The number of halogens is 1. The van der Waals surface area contributed by atoms with Crippen molar-refractivity contribution in [3.63, 3.8) is 0 Å². The van der Waals surface area contributed by atoms with E-state index in [4.69, 9.17) is 0 Å². The van der Waals surface area contributed by atoms with Crippen LogP contribution in [0, 0.1) is 0 Å². The maximum absolute atomic E-state index is 9.35. The largest absolute Gasteiger partial charge is 1.00 e. The van der Waals surface area contributed by atoms with Crippen LogP contribution in [0.4, 0.5) is 5.69 Å². The molecule has 16 heavy (non-hydrogen) atoms. The van der Waals surface area contributed by atoms with Gasteiger partial charge in [0.2, 0.25) is 5.71 Å². The van der Waals surface area contributed by atoms with Gasteiger partial charge < -0.3 is 17.5 Å². The molecule has 3 nitrogen and oxygen atoms in total. The summed E-state index contributed by atoms with van der Waals surface area (Å²) in [5, 5.41) is 12.4. The van der Waals surface area contributed by atoms with E-state index in [2.05, 4.69) is 10.5 Å². The Morgan fingerprint density at radius 2 is 1.88 bits per heavy atom. The topological polar surface area (TPSA) is 46.2 Å². The maximum Gasteiger partial charge on any atom is 0.206 e. The molecule has 0 atom stereocenters. The molecular weight excluding hydrogens is 224 g/mol. The molecule has 0 spiro atoms. The Hall–Kier alpha value is -1.48. The van der Waals surface area contributed by atoms with Gasteiger partial charge in [-0.3, -0.25) is 0 Å². The van der Waals surface area contributed by atoms with Crippen molar-refractivity contribution in [3.05, 3.63) is 42.2 Å². The van der Waals surface area contributed by atoms with Crippen LogP contribution in [0.15, 0.2) is 42.2 Å². The predicted molar refractivity (Wildman–Crippen MR) is 60.6 cm³/mol. The van der Waals surface area contributed by atoms with Crippen molar-refractivity contribution in [2.45, 2.75) is 19.3 Å². The number of benzene rings is 1. The van der Waals surface area contributed by atoms with E-state index in [9.17, 15) is 5.11 Å². The van der Waals surface area contributed by atoms with Crippen molar-refractivity contribution >= 4 is 11.4 Å². The summed E-state index contributed by atoms with van der Waals surface area (Å²) < 4.78 is 0. The second-order valence-electron chi connectivity index (χ2n) is 3.63. The summed E-state index contributed by atoms with van der Waals surface area (Å²) in [6.45, 7) is 0. The number of aliphatic hydroxyl groups is 1. The van der Waals surface area contributed by atoms with Gasteiger partial charge >= 0.3 is 0 Å². The van der Waals surface area contributed by atoms with Crippen LogP contribution in [-0.2, 0) is 0 Å². The van der Waals surface area contributed by atoms with Crippen LogP contribution in [0.1, 0.15) is 19.3 Å². The first-order valence-corrected chi connectivity index (χ1v) is 5.17. The third-order valence-corrected chi connectivity index (χ3v) is 2.36. The van der Waals surface area contributed by atoms with Crippen molar-refractivity contribution in [1.82, 2.24) is 0 Å². The lowest BCUT2D eigenvalue weighted by molar-refractivity contribution is -0.420. The quantitative estimate of drug-likeness (QED) is 0.531. The van der Waals surface area contributed by atoms with E-state index in [0.717, 1.165) is 30.7 Å². The molecular formula is C12H15ClN2O. The highest BCUT2D eigenvalue weighted by atomic mass is 35.5. The third-order valence-electron chi connectivity index (χ3n) is 2.36. The van der Waals surface area contributed by atoms with Gasteiger partial charge in [0.25, 0.3) is 0 Å². The van der Waals surface area contributed by atoms with Gasteiger partial charge in [-0.25, -0.2) is 0 Å². The maximum atomic E-state index is 9.35. The van der Waals surface area contributed by atoms with Crippen molar-refractivity contribution in [1.29, 1.82) is 0 Å². The third kappa shape index (κ3) is 3.59. The van der Waals surface area contributed by atoms with Gasteiger partial charge in [-0.2, -0.15) is 5.43 Å². The average Bonchev–Trinajstić information content (AvgIpc) is 2.28. The van der Waals surface area contributed by atoms with Crippen LogP contribution >= 0.6 is 0 Å². The molecule has 0 bridgehead atoms. The zero-order valence-electron chi connectivity index (χ0n) is 8.91. The molecule has 1 aliphatic carbocycles. The first kappa shape index (κ1) is 12.6. The van der Waals surface area contributed by atoms with E-state index < -0.39 is 0 Å². The minimum atomic E-state index is 0. The summed E-state index contributed by atoms with van der Waals surface area (Å²) >= 11 is 0. The number of hydrazine groups is 1. The molecule has 1 aromatic carbocycles. The van der Waals surface area contributed by atoms with Gasteiger partial charge in [-0.05, 0) is 18.6 Å². The number of para-hydroxylation sites is 1. The van der Waals surface area contributed by atoms with Crippen molar-refractivity contribution in [2.24, 2.45) is 0 Å². The zero-order valence-corrected chi connectivity index (χ0v) is 9.67. The Kier molecular flexibility index (Phi) is 4.86. The number of hydrazone groups is 1. The summed E-state index contributed by atoms with van der Waals surface area (Å²) in [7, 11) is 0. The lowest BCUT2D eigenvalue weighted by Crippen LogP contribution is -3.00. The predicted octanol–water partition coefficient (Wildman–Crippen LogP) is -1.84. The monoisotopic (exact) mass is 238 g/mol. The van der Waals surface area contributed by atoms with E-state index >= 15 is 0 Å². The zero-order chi connectivity index (χ0) is 10.5. The minimum absolute atomic E-state index is 0. The highest BCUT2D eigenvalue weighted by Crippen LogP contribution is 2.10. The van der Waals surface area contributed by atoms with Crippen LogP contribution in [0.3, 0.4) is 0 Å². The first-order valence-electron chi connectivity index (χ1n) is 5.17. The molecule has 4 heteroatoms. The molecule has 0 radical (unpaired) electrons. The number of hydrogen-bond donors (Lipinski definition) is 3. The van der Waals surface area contributed by atoms with Gasteiger partial charge in [0, 0.05) is 18.9 Å². The molecule has 0 fully saturated rings. The van der Waals surface area contributed by atoms with E-state index in [0.29, 0.717) is 5.76 Å². The molecule has 1 aliphatic rings. The van der Waals surface area contributed by atoms with Gasteiger partial charge in [-0.15, -0.1) is 5.10 Å². The van der Waals surface area contributed by atoms with E-state index in [1.54, 1.807) is 6.08 Å². The van der Waals surface area contributed by atoms with E-state index in [-0.39, 0.29) is 12.4 Å². The number of aliphatic hydroxyl groups excluding tert-OH is 1. The molecule has 0 aliphatic heterocycles. The number of allylic oxidation sites excluding steroid dienone is 2. The molecule has 0 heterocycles. The summed E-state index contributed by atoms with van der Waals surface area (Å²) in [6, 6.07) is 9.90. The lowest BCUT2D eigenvalue weighted by Gasteiger charge is -2.05. The summed E-state index contributed by atoms with van der Waals surface area (Å²) in [6.07, 6.45) is 4.56. The molecule has 0 saturated carbocycles. The van der Waals surface area contributed by atoms with Crippen LogP contribution in [0.2, 0.25) is 0 Å². The Morgan fingerprint density at radius 1 is 1.12 bits per heavy atom. The fraction of sp³-hybridized carbons (Fsp3) is 0.250. The van der Waals surface area contributed by atoms with Crippen LogP contribution in [0.25, 0.3) is 0 Å². The fourth-order valence-corrected chi connectivity index (χ4v) is 1.58. The SMILES string of the molecule is OC1=C/C(=[NH+]/Nc2ccccc2)CCC1.[Cl-]. The number of nitrogens with one attached hydrogen (secondary N) is 2. The summed E-state index contributed by atoms with van der Waals surface area (Å²) in [4.78, 5) is 0. The van der Waals surface area contributed by atoms with Crippen LogP contribution in [0.5, 0.6) is 0 Å². The van der Waals surface area contributed by atoms with Crippen molar-refractivity contribution < 1.29 is 22.6 Å². The first-order chi connectivity index (χ1) is 7.34. The Bertz CT molecular complexity index is 387. The number of anilines is 1. The molecule has 0 amide bonds. The van der Waals surface area contributed by atoms with Crippen LogP contribution < -0.4 is 22.9 Å². The van der Waals surface area contributed by atoms with Gasteiger partial charge in [-0.1, -0.05) is 18.2 Å². The molecule has 1 aromatic rings. The number of rotatable bonds is 2. The fourth-order valence-electron chi connectivity index (χ4n) is 1.58. The highest BCUT2D eigenvalue weighted by molar-refractivity contribution is 5.91. The van der Waals surface area contributed by atoms with Crippen LogP contribution in [-0.4, -0.2) is 10.8 Å². The van der Waals surface area contributed by atoms with E-state index in [1.807, 2.05) is 30.3 Å². The van der Waals surface area contributed by atoms with Gasteiger partial charge in [0.15, 0.2) is 0 Å². The standard InChI is InChI=1S/C12H14N2O.ClH/c15-12-8-4-7-11(9-12)14-13-10-5-2-1-3-6-10;/h1-3,5-6,9,13,15H,4,7-8H2;1H/b14-11+;. The molecule has 0 saturated heterocycles. The number of hydrogen-bond acceptors (Lipinski definition) is 2. The molecule has 0 aromatic heterocycles. The highest BCUT2D eigenvalue weighted by Gasteiger charge is 2.11. The second kappa shape index (κ2) is 6.18. The second-order valence-corrected chi connectivity index (χ2v) is 3.63. The average molecular weight is 239 g/mol. The molecule has 86 valence electrons. The summed E-state index contributed by atoms with van der Waals surface area (Å²) in [5.41, 5.74) is 5.14. The normalized spacial score (nSPS) is 17.5. The van der Waals surface area contributed by atoms with Gasteiger partial charge in [0.1, 0.15) is 0 Å². The molecule has 3 N–H and O–H groups in total. The van der Waals surface area contributed by atoms with Gasteiger partial charge in [0.05, 0.1) is 11.4 Å².